The van der Waals surface area contributed by atoms with Gasteiger partial charge in [0.1, 0.15) is 11.8 Å². The Morgan fingerprint density at radius 1 is 1.06 bits per heavy atom. The van der Waals surface area contributed by atoms with Crippen molar-refractivity contribution in [1.82, 2.24) is 19.9 Å². The van der Waals surface area contributed by atoms with Crippen LogP contribution in [0.25, 0.3) is 11.2 Å². The van der Waals surface area contributed by atoms with Gasteiger partial charge < -0.3 is 19.2 Å². The Bertz CT molecular complexity index is 472. The average Bonchev–Trinajstić information content (AvgIpc) is 2.81. The molecule has 0 saturated carbocycles. The van der Waals surface area contributed by atoms with E-state index in [1.54, 1.807) is 0 Å². The number of methoxy groups -OCH3 is 3. The Labute approximate surface area is 91.8 Å². The van der Waals surface area contributed by atoms with Crippen LogP contribution in [0.3, 0.4) is 0 Å². The van der Waals surface area contributed by atoms with Gasteiger partial charge in [-0.25, -0.2) is 15.0 Å². The molecule has 0 amide bonds. The Morgan fingerprint density at radius 2 is 1.75 bits per heavy atom. The van der Waals surface area contributed by atoms with E-state index in [0.717, 1.165) is 0 Å². The van der Waals surface area contributed by atoms with E-state index >= 15 is 0 Å². The molecule has 2 rings (SSSR count). The van der Waals surface area contributed by atoms with Crippen LogP contribution in [0.15, 0.2) is 12.7 Å². The summed E-state index contributed by atoms with van der Waals surface area (Å²) in [5, 5.41) is 0. The van der Waals surface area contributed by atoms with E-state index in [9.17, 15) is 0 Å². The van der Waals surface area contributed by atoms with Gasteiger partial charge in [0, 0.05) is 21.3 Å². The smallest absolute Gasteiger partial charge is 0.331 e. The SMILES string of the molecule is COC(OC)(OC)c1ncnc2nc[nH]c12. The molecule has 0 saturated heterocycles. The monoisotopic (exact) mass is 224 g/mol. The predicted molar refractivity (Wildman–Crippen MR) is 54.4 cm³/mol. The second-order valence-electron chi connectivity index (χ2n) is 2.99. The van der Waals surface area contributed by atoms with E-state index in [1.807, 2.05) is 0 Å². The molecular weight excluding hydrogens is 212 g/mol. The average molecular weight is 224 g/mol. The number of nitrogens with one attached hydrogen (secondary N) is 1. The van der Waals surface area contributed by atoms with E-state index in [2.05, 4.69) is 19.9 Å². The van der Waals surface area contributed by atoms with Gasteiger partial charge in [-0.15, -0.1) is 0 Å². The maximum Gasteiger partial charge on any atom is 0.331 e. The van der Waals surface area contributed by atoms with Crippen molar-refractivity contribution in [2.75, 3.05) is 21.3 Å². The van der Waals surface area contributed by atoms with E-state index < -0.39 is 5.97 Å². The van der Waals surface area contributed by atoms with Crippen molar-refractivity contribution in [3.8, 4) is 0 Å². The predicted octanol–water partition coefficient (Wildman–Crippen LogP) is 0.402. The van der Waals surface area contributed by atoms with Crippen LogP contribution in [-0.4, -0.2) is 41.3 Å². The number of imidazole rings is 1. The molecule has 2 heterocycles. The van der Waals surface area contributed by atoms with E-state index in [0.29, 0.717) is 16.9 Å². The van der Waals surface area contributed by atoms with Crippen molar-refractivity contribution in [1.29, 1.82) is 0 Å². The third kappa shape index (κ3) is 1.45. The standard InChI is InChI=1S/C9H12N4O3/c1-14-9(15-2,16-3)7-6-8(12-4-10-6)13-5-11-7/h4-5H,1-3H3,(H,10,11,12,13). The maximum atomic E-state index is 5.22. The van der Waals surface area contributed by atoms with Crippen LogP contribution in [-0.2, 0) is 20.2 Å². The van der Waals surface area contributed by atoms with Gasteiger partial charge in [-0.3, -0.25) is 0 Å². The van der Waals surface area contributed by atoms with Crippen LogP contribution in [0.1, 0.15) is 5.69 Å². The highest BCUT2D eigenvalue weighted by molar-refractivity contribution is 5.72. The fourth-order valence-electron chi connectivity index (χ4n) is 1.54. The molecule has 0 spiro atoms. The Morgan fingerprint density at radius 3 is 2.38 bits per heavy atom. The lowest BCUT2D eigenvalue weighted by molar-refractivity contribution is -0.366. The van der Waals surface area contributed by atoms with Crippen molar-refractivity contribution in [3.63, 3.8) is 0 Å². The molecule has 16 heavy (non-hydrogen) atoms. The Kier molecular flexibility index (Phi) is 2.82. The summed E-state index contributed by atoms with van der Waals surface area (Å²) in [5.74, 6) is -1.35. The fraction of sp³-hybridized carbons (Fsp3) is 0.444. The minimum Gasteiger partial charge on any atom is -0.341 e. The van der Waals surface area contributed by atoms with Crippen molar-refractivity contribution < 1.29 is 14.2 Å². The summed E-state index contributed by atoms with van der Waals surface area (Å²) in [6.07, 6.45) is 2.90. The van der Waals surface area contributed by atoms with Gasteiger partial charge in [-0.1, -0.05) is 0 Å². The summed E-state index contributed by atoms with van der Waals surface area (Å²) < 4.78 is 15.7. The molecule has 0 aliphatic carbocycles. The van der Waals surface area contributed by atoms with Crippen molar-refractivity contribution >= 4 is 11.2 Å². The van der Waals surface area contributed by atoms with Crippen LogP contribution in [0.5, 0.6) is 0 Å². The van der Waals surface area contributed by atoms with E-state index in [-0.39, 0.29) is 0 Å². The molecule has 0 aliphatic rings. The Hall–Kier alpha value is -1.57. The number of hydrogen-bond acceptors (Lipinski definition) is 6. The van der Waals surface area contributed by atoms with Gasteiger partial charge in [-0.2, -0.15) is 0 Å². The lowest BCUT2D eigenvalue weighted by Gasteiger charge is -2.27. The molecule has 2 aromatic heterocycles. The van der Waals surface area contributed by atoms with Gasteiger partial charge in [0.15, 0.2) is 11.3 Å². The topological polar surface area (TPSA) is 82.2 Å². The molecule has 0 unspecified atom stereocenters. The number of H-pyrrole nitrogens is 1. The van der Waals surface area contributed by atoms with Crippen molar-refractivity contribution in [3.05, 3.63) is 18.3 Å². The lowest BCUT2D eigenvalue weighted by atomic mass is 10.3. The van der Waals surface area contributed by atoms with Gasteiger partial charge in [-0.05, 0) is 0 Å². The van der Waals surface area contributed by atoms with Gasteiger partial charge >= 0.3 is 5.97 Å². The second kappa shape index (κ2) is 4.12. The summed E-state index contributed by atoms with van der Waals surface area (Å²) in [6, 6.07) is 0. The van der Waals surface area contributed by atoms with Crippen LogP contribution < -0.4 is 0 Å². The van der Waals surface area contributed by atoms with E-state index in [4.69, 9.17) is 14.2 Å². The fourth-order valence-corrected chi connectivity index (χ4v) is 1.54. The summed E-state index contributed by atoms with van der Waals surface area (Å²) in [4.78, 5) is 15.0. The maximum absolute atomic E-state index is 5.22. The van der Waals surface area contributed by atoms with E-state index in [1.165, 1.54) is 34.0 Å². The van der Waals surface area contributed by atoms with Gasteiger partial charge in [0.05, 0.1) is 6.33 Å². The first kappa shape index (κ1) is 10.9. The molecular formula is C9H12N4O3. The highest BCUT2D eigenvalue weighted by Gasteiger charge is 2.37. The third-order valence-corrected chi connectivity index (χ3v) is 2.32. The number of fused-ring (bicyclic) bond motifs is 1. The molecule has 1 N–H and O–H groups in total. The van der Waals surface area contributed by atoms with Crippen LogP contribution in [0.4, 0.5) is 0 Å². The Balaban J connectivity index is 2.64. The quantitative estimate of drug-likeness (QED) is 0.757. The number of ether oxygens (including phenoxy) is 3. The molecule has 0 bridgehead atoms. The minimum atomic E-state index is -1.35. The highest BCUT2D eigenvalue weighted by atomic mass is 16.9. The molecule has 7 heteroatoms. The molecule has 7 nitrogen and oxygen atoms in total. The zero-order valence-corrected chi connectivity index (χ0v) is 9.22. The second-order valence-corrected chi connectivity index (χ2v) is 2.99. The summed E-state index contributed by atoms with van der Waals surface area (Å²) in [7, 11) is 4.41. The lowest BCUT2D eigenvalue weighted by Crippen LogP contribution is -2.34. The van der Waals surface area contributed by atoms with Crippen LogP contribution in [0.2, 0.25) is 0 Å². The molecule has 2 aromatic rings. The number of nitrogens with zero attached hydrogens (tertiary/aromatic N) is 3. The first-order valence-corrected chi connectivity index (χ1v) is 4.57. The molecule has 0 aliphatic heterocycles. The molecule has 0 fully saturated rings. The number of aromatic nitrogens is 4. The molecule has 0 aromatic carbocycles. The third-order valence-electron chi connectivity index (χ3n) is 2.32. The first-order chi connectivity index (χ1) is 7.77. The number of aromatic amines is 1. The molecule has 86 valence electrons. The van der Waals surface area contributed by atoms with Gasteiger partial charge in [0.2, 0.25) is 0 Å². The van der Waals surface area contributed by atoms with Crippen molar-refractivity contribution in [2.24, 2.45) is 0 Å². The first-order valence-electron chi connectivity index (χ1n) is 4.57. The highest BCUT2D eigenvalue weighted by Crippen LogP contribution is 2.28. The largest absolute Gasteiger partial charge is 0.341 e. The number of rotatable bonds is 4. The normalized spacial score (nSPS) is 12.2. The van der Waals surface area contributed by atoms with Crippen molar-refractivity contribution in [2.45, 2.75) is 5.97 Å². The van der Waals surface area contributed by atoms with Gasteiger partial charge in [0.25, 0.3) is 0 Å². The minimum absolute atomic E-state index is 0.447. The summed E-state index contributed by atoms with van der Waals surface area (Å²) >= 11 is 0. The van der Waals surface area contributed by atoms with Crippen LogP contribution in [0, 0.1) is 0 Å². The summed E-state index contributed by atoms with van der Waals surface area (Å²) in [6.45, 7) is 0. The molecule has 0 radical (unpaired) electrons. The zero-order valence-electron chi connectivity index (χ0n) is 9.22. The number of hydrogen-bond donors (Lipinski definition) is 1. The van der Waals surface area contributed by atoms with Crippen LogP contribution >= 0.6 is 0 Å². The molecule has 0 atom stereocenters. The zero-order chi connectivity index (χ0) is 11.6. The summed E-state index contributed by atoms with van der Waals surface area (Å²) in [5.41, 5.74) is 1.59.